The molecule has 0 aromatic carbocycles. The molecule has 0 saturated heterocycles. The fraction of sp³-hybridized carbons (Fsp3) is 0.667. The Labute approximate surface area is 134 Å². The second-order valence-corrected chi connectivity index (χ2v) is 7.64. The first kappa shape index (κ1) is 16.8. The minimum Gasteiger partial charge on any atom is -0.335 e. The predicted molar refractivity (Wildman–Crippen MR) is 91.3 cm³/mol. The molecule has 4 nitrogen and oxygen atoms in total. The van der Waals surface area contributed by atoms with Crippen molar-refractivity contribution in [2.75, 3.05) is 0 Å². The summed E-state index contributed by atoms with van der Waals surface area (Å²) in [5, 5.41) is 4.46. The van der Waals surface area contributed by atoms with Crippen molar-refractivity contribution in [1.29, 1.82) is 0 Å². The lowest BCUT2D eigenvalue weighted by Crippen LogP contribution is -2.20. The van der Waals surface area contributed by atoms with Crippen LogP contribution in [-0.4, -0.2) is 19.3 Å². The molecule has 0 saturated carbocycles. The van der Waals surface area contributed by atoms with Crippen molar-refractivity contribution in [3.63, 3.8) is 0 Å². The van der Waals surface area contributed by atoms with Gasteiger partial charge in [0.05, 0.1) is 18.2 Å². The maximum atomic E-state index is 4.63. The van der Waals surface area contributed by atoms with Crippen LogP contribution < -0.4 is 0 Å². The van der Waals surface area contributed by atoms with E-state index in [1.165, 1.54) is 11.3 Å². The Kier molecular flexibility index (Phi) is 4.78. The molecule has 122 valence electrons. The molecule has 22 heavy (non-hydrogen) atoms. The van der Waals surface area contributed by atoms with Gasteiger partial charge in [-0.05, 0) is 45.6 Å². The minimum atomic E-state index is 0.0550. The van der Waals surface area contributed by atoms with Gasteiger partial charge >= 0.3 is 0 Å². The Morgan fingerprint density at radius 1 is 1.05 bits per heavy atom. The molecule has 0 fully saturated rings. The molecule has 2 heterocycles. The van der Waals surface area contributed by atoms with Crippen LogP contribution in [0.1, 0.15) is 84.1 Å². The largest absolute Gasteiger partial charge is 0.335 e. The third-order valence-corrected chi connectivity index (χ3v) is 4.43. The van der Waals surface area contributed by atoms with Crippen LogP contribution in [0.15, 0.2) is 24.9 Å². The molecule has 2 aromatic rings. The maximum absolute atomic E-state index is 4.63. The van der Waals surface area contributed by atoms with Gasteiger partial charge in [-0.15, -0.1) is 0 Å². The van der Waals surface area contributed by atoms with Crippen LogP contribution in [0.25, 0.3) is 0 Å². The maximum Gasteiger partial charge on any atom is 0.0952 e. The highest BCUT2D eigenvalue weighted by Crippen LogP contribution is 2.34. The second kappa shape index (κ2) is 6.27. The molecular formula is C18H30N4. The Bertz CT molecular complexity index is 604. The van der Waals surface area contributed by atoms with Crippen LogP contribution in [0.5, 0.6) is 0 Å². The lowest BCUT2D eigenvalue weighted by molar-refractivity contribution is 0.427. The van der Waals surface area contributed by atoms with E-state index < -0.39 is 0 Å². The number of imidazole rings is 1. The van der Waals surface area contributed by atoms with Crippen LogP contribution in [0.2, 0.25) is 0 Å². The molecule has 2 rings (SSSR count). The topological polar surface area (TPSA) is 35.6 Å². The van der Waals surface area contributed by atoms with Crippen molar-refractivity contribution in [3.05, 3.63) is 36.2 Å². The van der Waals surface area contributed by atoms with Gasteiger partial charge in [-0.2, -0.15) is 5.10 Å². The Hall–Kier alpha value is -1.58. The van der Waals surface area contributed by atoms with E-state index in [1.54, 1.807) is 0 Å². The fourth-order valence-corrected chi connectivity index (χ4v) is 2.85. The summed E-state index contributed by atoms with van der Waals surface area (Å²) in [6.45, 7) is 15.5. The van der Waals surface area contributed by atoms with E-state index in [-0.39, 0.29) is 5.41 Å². The van der Waals surface area contributed by atoms with E-state index in [0.29, 0.717) is 18.0 Å². The molecule has 0 N–H and O–H groups in total. The van der Waals surface area contributed by atoms with Gasteiger partial charge in [-0.3, -0.25) is 4.68 Å². The van der Waals surface area contributed by atoms with Gasteiger partial charge in [0.2, 0.25) is 0 Å². The SMILES string of the molecule is CC(CC(C)(C)c1cn(C(C)C)cn1)c1cnn(C(C)C)c1. The van der Waals surface area contributed by atoms with Gasteiger partial charge in [-0.25, -0.2) is 4.98 Å². The number of rotatable bonds is 6. The van der Waals surface area contributed by atoms with Crippen molar-refractivity contribution in [2.24, 2.45) is 0 Å². The highest BCUT2D eigenvalue weighted by Gasteiger charge is 2.27. The predicted octanol–water partition coefficient (Wildman–Crippen LogP) is 4.71. The van der Waals surface area contributed by atoms with Crippen molar-refractivity contribution >= 4 is 0 Å². The van der Waals surface area contributed by atoms with Crippen LogP contribution >= 0.6 is 0 Å². The van der Waals surface area contributed by atoms with Gasteiger partial charge in [0, 0.05) is 29.9 Å². The van der Waals surface area contributed by atoms with E-state index in [0.717, 1.165) is 6.42 Å². The Morgan fingerprint density at radius 3 is 2.23 bits per heavy atom. The van der Waals surface area contributed by atoms with E-state index in [4.69, 9.17) is 0 Å². The fourth-order valence-electron chi connectivity index (χ4n) is 2.85. The monoisotopic (exact) mass is 302 g/mol. The summed E-state index contributed by atoms with van der Waals surface area (Å²) in [7, 11) is 0. The van der Waals surface area contributed by atoms with E-state index in [1.807, 2.05) is 17.2 Å². The summed E-state index contributed by atoms with van der Waals surface area (Å²) in [5.74, 6) is 0.465. The molecule has 1 atom stereocenters. The first-order valence-electron chi connectivity index (χ1n) is 8.28. The lowest BCUT2D eigenvalue weighted by Gasteiger charge is -2.26. The highest BCUT2D eigenvalue weighted by atomic mass is 15.3. The molecule has 4 heteroatoms. The normalized spacial score (nSPS) is 14.0. The zero-order valence-corrected chi connectivity index (χ0v) is 15.0. The lowest BCUT2D eigenvalue weighted by atomic mass is 9.79. The molecule has 0 spiro atoms. The van der Waals surface area contributed by atoms with Gasteiger partial charge in [0.15, 0.2) is 0 Å². The molecule has 0 bridgehead atoms. The van der Waals surface area contributed by atoms with E-state index >= 15 is 0 Å². The number of hydrogen-bond donors (Lipinski definition) is 0. The molecule has 0 aliphatic carbocycles. The smallest absolute Gasteiger partial charge is 0.0952 e. The molecule has 0 aliphatic heterocycles. The quantitative estimate of drug-likeness (QED) is 0.774. The van der Waals surface area contributed by atoms with Crippen LogP contribution in [-0.2, 0) is 5.41 Å². The molecule has 1 unspecified atom stereocenters. The van der Waals surface area contributed by atoms with Crippen LogP contribution in [0.4, 0.5) is 0 Å². The number of hydrogen-bond acceptors (Lipinski definition) is 2. The van der Waals surface area contributed by atoms with Crippen molar-refractivity contribution in [1.82, 2.24) is 19.3 Å². The number of nitrogens with zero attached hydrogens (tertiary/aromatic N) is 4. The zero-order chi connectivity index (χ0) is 16.5. The standard InChI is InChI=1S/C18H30N4/c1-13(2)21-11-17(19-12-21)18(6,7)8-15(5)16-9-20-22(10-16)14(3)4/h9-15H,8H2,1-7H3. The summed E-state index contributed by atoms with van der Waals surface area (Å²) in [6, 6.07) is 0.870. The van der Waals surface area contributed by atoms with E-state index in [2.05, 4.69) is 75.5 Å². The summed E-state index contributed by atoms with van der Waals surface area (Å²) in [5.41, 5.74) is 2.54. The van der Waals surface area contributed by atoms with Crippen molar-refractivity contribution in [3.8, 4) is 0 Å². The summed E-state index contributed by atoms with van der Waals surface area (Å²) >= 11 is 0. The van der Waals surface area contributed by atoms with Crippen LogP contribution in [0, 0.1) is 0 Å². The molecular weight excluding hydrogens is 272 g/mol. The Morgan fingerprint density at radius 2 is 1.73 bits per heavy atom. The average Bonchev–Trinajstić information content (AvgIpc) is 3.08. The third-order valence-electron chi connectivity index (χ3n) is 4.43. The first-order chi connectivity index (χ1) is 10.2. The Balaban J connectivity index is 2.12. The third kappa shape index (κ3) is 3.60. The second-order valence-electron chi connectivity index (χ2n) is 7.64. The molecule has 0 amide bonds. The summed E-state index contributed by atoms with van der Waals surface area (Å²) in [6.07, 6.45) is 9.38. The average molecular weight is 302 g/mol. The first-order valence-corrected chi connectivity index (χ1v) is 8.28. The summed E-state index contributed by atoms with van der Waals surface area (Å²) < 4.78 is 4.21. The summed E-state index contributed by atoms with van der Waals surface area (Å²) in [4.78, 5) is 4.63. The van der Waals surface area contributed by atoms with Crippen molar-refractivity contribution < 1.29 is 0 Å². The van der Waals surface area contributed by atoms with Crippen molar-refractivity contribution in [2.45, 2.75) is 78.3 Å². The minimum absolute atomic E-state index is 0.0550. The van der Waals surface area contributed by atoms with E-state index in [9.17, 15) is 0 Å². The zero-order valence-electron chi connectivity index (χ0n) is 15.0. The van der Waals surface area contributed by atoms with Gasteiger partial charge in [-0.1, -0.05) is 20.8 Å². The van der Waals surface area contributed by atoms with Gasteiger partial charge < -0.3 is 4.57 Å². The highest BCUT2D eigenvalue weighted by molar-refractivity contribution is 5.17. The molecule has 0 aliphatic rings. The van der Waals surface area contributed by atoms with Gasteiger partial charge in [0.25, 0.3) is 0 Å². The van der Waals surface area contributed by atoms with Gasteiger partial charge in [0.1, 0.15) is 0 Å². The van der Waals surface area contributed by atoms with Crippen LogP contribution in [0.3, 0.4) is 0 Å². The number of aromatic nitrogens is 4. The molecule has 0 radical (unpaired) electrons. The molecule has 2 aromatic heterocycles.